The first-order valence-corrected chi connectivity index (χ1v) is 6.99. The van der Waals surface area contributed by atoms with E-state index in [9.17, 15) is 0 Å². The third-order valence-corrected chi connectivity index (χ3v) is 3.36. The lowest BCUT2D eigenvalue weighted by Crippen LogP contribution is -2.35. The van der Waals surface area contributed by atoms with E-state index >= 15 is 0 Å². The van der Waals surface area contributed by atoms with Gasteiger partial charge in [0.2, 0.25) is 0 Å². The van der Waals surface area contributed by atoms with Crippen molar-refractivity contribution >= 4 is 0 Å². The number of hydrogen-bond acceptors (Lipinski definition) is 1. The molecule has 0 aliphatic carbocycles. The Balaban J connectivity index is 3.69. The molecule has 0 rings (SSSR count). The van der Waals surface area contributed by atoms with Crippen LogP contribution in [0.15, 0.2) is 0 Å². The molecule has 15 heavy (non-hydrogen) atoms. The molecule has 0 bridgehead atoms. The van der Waals surface area contributed by atoms with Crippen LogP contribution in [0.3, 0.4) is 0 Å². The highest BCUT2D eigenvalue weighted by Gasteiger charge is 2.13. The average molecular weight is 213 g/mol. The van der Waals surface area contributed by atoms with Gasteiger partial charge in [-0.3, -0.25) is 0 Å². The zero-order valence-corrected chi connectivity index (χ0v) is 11.3. The van der Waals surface area contributed by atoms with Crippen molar-refractivity contribution in [1.82, 2.24) is 5.32 Å². The van der Waals surface area contributed by atoms with Crippen molar-refractivity contribution in [2.24, 2.45) is 5.92 Å². The van der Waals surface area contributed by atoms with Gasteiger partial charge in [-0.05, 0) is 25.3 Å². The first-order valence-electron chi connectivity index (χ1n) is 6.99. The molecule has 1 N–H and O–H groups in total. The van der Waals surface area contributed by atoms with E-state index in [1.807, 2.05) is 0 Å². The number of unbranched alkanes of at least 4 members (excludes halogenated alkanes) is 3. The van der Waals surface area contributed by atoms with Crippen LogP contribution in [0.1, 0.15) is 72.6 Å². The average Bonchev–Trinajstić information content (AvgIpc) is 2.27. The van der Waals surface area contributed by atoms with Gasteiger partial charge in [0.1, 0.15) is 0 Å². The topological polar surface area (TPSA) is 12.0 Å². The Kier molecular flexibility index (Phi) is 10.4. The lowest BCUT2D eigenvalue weighted by atomic mass is 9.94. The molecule has 0 aliphatic rings. The molecule has 1 heteroatoms. The van der Waals surface area contributed by atoms with Crippen LogP contribution in [0.2, 0.25) is 0 Å². The molecule has 92 valence electrons. The monoisotopic (exact) mass is 213 g/mol. The van der Waals surface area contributed by atoms with E-state index in [1.54, 1.807) is 0 Å². The summed E-state index contributed by atoms with van der Waals surface area (Å²) in [5.41, 5.74) is 0. The minimum Gasteiger partial charge on any atom is -0.314 e. The van der Waals surface area contributed by atoms with E-state index in [1.165, 1.54) is 51.5 Å². The molecular weight excluding hydrogens is 182 g/mol. The Hall–Kier alpha value is -0.0400. The predicted molar refractivity (Wildman–Crippen MR) is 70.3 cm³/mol. The lowest BCUT2D eigenvalue weighted by molar-refractivity contribution is 0.338. The predicted octanol–water partition coefficient (Wildman–Crippen LogP) is 4.37. The Morgan fingerprint density at radius 2 is 1.67 bits per heavy atom. The van der Waals surface area contributed by atoms with Crippen molar-refractivity contribution in [1.29, 1.82) is 0 Å². The molecule has 0 radical (unpaired) electrons. The molecule has 0 aromatic carbocycles. The van der Waals surface area contributed by atoms with Crippen molar-refractivity contribution < 1.29 is 0 Å². The minimum absolute atomic E-state index is 0.756. The quantitative estimate of drug-likeness (QED) is 0.531. The zero-order valence-electron chi connectivity index (χ0n) is 11.3. The van der Waals surface area contributed by atoms with Gasteiger partial charge in [-0.2, -0.15) is 0 Å². The van der Waals surface area contributed by atoms with Gasteiger partial charge in [0, 0.05) is 6.04 Å². The summed E-state index contributed by atoms with van der Waals surface area (Å²) in [5, 5.41) is 3.70. The maximum absolute atomic E-state index is 3.70. The van der Waals surface area contributed by atoms with Crippen LogP contribution in [-0.2, 0) is 0 Å². The molecule has 0 aliphatic heterocycles. The highest BCUT2D eigenvalue weighted by atomic mass is 14.9. The van der Waals surface area contributed by atoms with Crippen LogP contribution in [-0.4, -0.2) is 12.6 Å². The maximum atomic E-state index is 3.70. The fourth-order valence-electron chi connectivity index (χ4n) is 1.99. The Labute approximate surface area is 97.0 Å². The van der Waals surface area contributed by atoms with Gasteiger partial charge in [0.25, 0.3) is 0 Å². The van der Waals surface area contributed by atoms with Crippen molar-refractivity contribution in [2.75, 3.05) is 6.54 Å². The first kappa shape index (κ1) is 15.0. The molecule has 2 unspecified atom stereocenters. The summed E-state index contributed by atoms with van der Waals surface area (Å²) < 4.78 is 0. The number of hydrogen-bond donors (Lipinski definition) is 1. The molecule has 1 nitrogen and oxygen atoms in total. The van der Waals surface area contributed by atoms with Crippen molar-refractivity contribution in [3.8, 4) is 0 Å². The Morgan fingerprint density at radius 1 is 0.933 bits per heavy atom. The zero-order chi connectivity index (χ0) is 11.5. The standard InChI is InChI=1S/C14H31N/c1-5-8-9-10-11-14(13(4)7-3)15-12-6-2/h13-15H,5-12H2,1-4H3. The summed E-state index contributed by atoms with van der Waals surface area (Å²) in [4.78, 5) is 0. The van der Waals surface area contributed by atoms with Crippen LogP contribution in [0.25, 0.3) is 0 Å². The lowest BCUT2D eigenvalue weighted by Gasteiger charge is -2.24. The molecule has 0 saturated heterocycles. The van der Waals surface area contributed by atoms with E-state index in [4.69, 9.17) is 0 Å². The summed E-state index contributed by atoms with van der Waals surface area (Å²) in [6.45, 7) is 10.4. The van der Waals surface area contributed by atoms with Gasteiger partial charge in [-0.25, -0.2) is 0 Å². The van der Waals surface area contributed by atoms with Gasteiger partial charge in [0.05, 0.1) is 0 Å². The van der Waals surface area contributed by atoms with Gasteiger partial charge in [0.15, 0.2) is 0 Å². The fraction of sp³-hybridized carbons (Fsp3) is 1.00. The number of rotatable bonds is 10. The SMILES string of the molecule is CCCCCCC(NCCC)C(C)CC. The van der Waals surface area contributed by atoms with E-state index in [0.717, 1.165) is 12.0 Å². The van der Waals surface area contributed by atoms with Crippen LogP contribution in [0.4, 0.5) is 0 Å². The first-order chi connectivity index (χ1) is 7.26. The second-order valence-electron chi connectivity index (χ2n) is 4.80. The normalized spacial score (nSPS) is 15.2. The molecule has 2 atom stereocenters. The summed E-state index contributed by atoms with van der Waals surface area (Å²) in [6.07, 6.45) is 9.49. The van der Waals surface area contributed by atoms with Crippen LogP contribution < -0.4 is 5.32 Å². The molecule has 0 spiro atoms. The summed E-state index contributed by atoms with van der Waals surface area (Å²) in [7, 11) is 0. The van der Waals surface area contributed by atoms with Crippen LogP contribution in [0, 0.1) is 5.92 Å². The van der Waals surface area contributed by atoms with Gasteiger partial charge < -0.3 is 5.32 Å². The van der Waals surface area contributed by atoms with E-state index < -0.39 is 0 Å². The molecule has 0 saturated carbocycles. The summed E-state index contributed by atoms with van der Waals surface area (Å²) >= 11 is 0. The van der Waals surface area contributed by atoms with E-state index in [-0.39, 0.29) is 0 Å². The van der Waals surface area contributed by atoms with Crippen LogP contribution in [0.5, 0.6) is 0 Å². The smallest absolute Gasteiger partial charge is 0.00925 e. The minimum atomic E-state index is 0.756. The second kappa shape index (κ2) is 10.5. The van der Waals surface area contributed by atoms with Crippen molar-refractivity contribution in [3.05, 3.63) is 0 Å². The molecule has 0 aromatic heterocycles. The third kappa shape index (κ3) is 7.84. The third-order valence-electron chi connectivity index (χ3n) is 3.36. The summed E-state index contributed by atoms with van der Waals surface area (Å²) in [6, 6.07) is 0.756. The fourth-order valence-corrected chi connectivity index (χ4v) is 1.99. The molecule has 0 aromatic rings. The van der Waals surface area contributed by atoms with E-state index in [0.29, 0.717) is 0 Å². The molecule has 0 heterocycles. The Bertz CT molecular complexity index is 123. The highest BCUT2D eigenvalue weighted by Crippen LogP contribution is 2.15. The maximum Gasteiger partial charge on any atom is 0.00925 e. The van der Waals surface area contributed by atoms with Gasteiger partial charge >= 0.3 is 0 Å². The number of nitrogens with one attached hydrogen (secondary N) is 1. The van der Waals surface area contributed by atoms with Crippen molar-refractivity contribution in [3.63, 3.8) is 0 Å². The largest absolute Gasteiger partial charge is 0.314 e. The molecule has 0 amide bonds. The van der Waals surface area contributed by atoms with Gasteiger partial charge in [-0.1, -0.05) is 59.8 Å². The summed E-state index contributed by atoms with van der Waals surface area (Å²) in [5.74, 6) is 0.832. The van der Waals surface area contributed by atoms with Crippen molar-refractivity contribution in [2.45, 2.75) is 78.7 Å². The van der Waals surface area contributed by atoms with Crippen LogP contribution >= 0.6 is 0 Å². The Morgan fingerprint density at radius 3 is 2.20 bits per heavy atom. The molecule has 0 fully saturated rings. The second-order valence-corrected chi connectivity index (χ2v) is 4.80. The molecular formula is C14H31N. The van der Waals surface area contributed by atoms with E-state index in [2.05, 4.69) is 33.0 Å². The highest BCUT2D eigenvalue weighted by molar-refractivity contribution is 4.72. The van der Waals surface area contributed by atoms with Gasteiger partial charge in [-0.15, -0.1) is 0 Å².